The Kier molecular flexibility index (Phi) is 7.26. The van der Waals surface area contributed by atoms with Crippen molar-refractivity contribution >= 4 is 6.08 Å². The Labute approximate surface area is 192 Å². The van der Waals surface area contributed by atoms with Gasteiger partial charge < -0.3 is 14.0 Å². The summed E-state index contributed by atoms with van der Waals surface area (Å²) in [6, 6.07) is 15.6. The molecule has 1 fully saturated rings. The Morgan fingerprint density at radius 2 is 1.84 bits per heavy atom. The van der Waals surface area contributed by atoms with Gasteiger partial charge in [-0.15, -0.1) is 0 Å². The molecule has 1 unspecified atom stereocenters. The number of nitrogens with zero attached hydrogens (tertiary/aromatic N) is 4. The zero-order chi connectivity index (χ0) is 22.5. The molecule has 1 aliphatic carbocycles. The third kappa shape index (κ3) is 5.39. The number of hydrogen-bond acceptors (Lipinski definition) is 4. The Hall–Kier alpha value is -2.66. The highest BCUT2D eigenvalue weighted by Crippen LogP contribution is 2.34. The first-order valence-corrected chi connectivity index (χ1v) is 11.9. The molecular weight excluding hydrogens is 396 g/mol. The average Bonchev–Trinajstić information content (AvgIpc) is 3.40. The fourth-order valence-corrected chi connectivity index (χ4v) is 5.06. The van der Waals surface area contributed by atoms with E-state index in [2.05, 4.69) is 83.1 Å². The molecule has 0 saturated heterocycles. The van der Waals surface area contributed by atoms with Gasteiger partial charge in [0.2, 0.25) is 5.82 Å². The molecular formula is C27H36N4O. The molecule has 2 aromatic heterocycles. The molecule has 0 N–H and O–H groups in total. The first-order chi connectivity index (χ1) is 15.5. The molecule has 1 aromatic carbocycles. The van der Waals surface area contributed by atoms with Crippen LogP contribution in [0.25, 0.3) is 17.6 Å². The van der Waals surface area contributed by atoms with E-state index in [4.69, 9.17) is 4.52 Å². The van der Waals surface area contributed by atoms with E-state index in [0.717, 1.165) is 18.0 Å². The quantitative estimate of drug-likeness (QED) is 0.454. The van der Waals surface area contributed by atoms with Crippen molar-refractivity contribution in [2.24, 2.45) is 18.9 Å². The molecule has 1 saturated carbocycles. The van der Waals surface area contributed by atoms with Gasteiger partial charge in [-0.2, -0.15) is 4.98 Å². The molecule has 0 radical (unpaired) electrons. The fraction of sp³-hybridized carbons (Fsp3) is 0.481. The van der Waals surface area contributed by atoms with Crippen molar-refractivity contribution in [3.63, 3.8) is 0 Å². The Morgan fingerprint density at radius 1 is 1.09 bits per heavy atom. The molecule has 0 spiro atoms. The van der Waals surface area contributed by atoms with Gasteiger partial charge in [-0.1, -0.05) is 41.6 Å². The van der Waals surface area contributed by atoms with E-state index in [1.807, 2.05) is 19.2 Å². The number of aromatic nitrogens is 3. The van der Waals surface area contributed by atoms with Crippen molar-refractivity contribution in [3.05, 3.63) is 65.7 Å². The molecule has 3 aromatic rings. The lowest BCUT2D eigenvalue weighted by Crippen LogP contribution is -2.37. The lowest BCUT2D eigenvalue weighted by Gasteiger charge is -2.37. The van der Waals surface area contributed by atoms with Crippen LogP contribution in [0.15, 0.2) is 53.1 Å². The number of allylic oxidation sites excluding steroid dienone is 1. The topological polar surface area (TPSA) is 47.1 Å². The Morgan fingerprint density at radius 3 is 2.50 bits per heavy atom. The predicted octanol–water partition coefficient (Wildman–Crippen LogP) is 5.77. The highest BCUT2D eigenvalue weighted by atomic mass is 16.5. The monoisotopic (exact) mass is 432 g/mol. The van der Waals surface area contributed by atoms with Gasteiger partial charge in [0.05, 0.1) is 5.69 Å². The zero-order valence-corrected chi connectivity index (χ0v) is 19.9. The number of rotatable bonds is 8. The van der Waals surface area contributed by atoms with Crippen molar-refractivity contribution in [1.29, 1.82) is 0 Å². The first kappa shape index (κ1) is 22.5. The molecule has 32 heavy (non-hydrogen) atoms. The summed E-state index contributed by atoms with van der Waals surface area (Å²) in [5, 5.41) is 4.16. The third-order valence-corrected chi connectivity index (χ3v) is 7.15. The molecule has 5 heteroatoms. The third-order valence-electron chi connectivity index (χ3n) is 7.15. The second kappa shape index (κ2) is 10.3. The van der Waals surface area contributed by atoms with E-state index in [9.17, 15) is 0 Å². The standard InChI is InChI=1S/C27H36N4O/c1-20-10-17-25(31(20)4)27-28-26(32-29-27)19-14-22-11-15-23(16-12-22)24(30(2)3)18-13-21-8-6-5-7-9-21/h5-10,14,17,19,22-24H,11-13,15-16,18H2,1-4H3. The Bertz CT molecular complexity index is 1010. The van der Waals surface area contributed by atoms with Crippen LogP contribution in [0.4, 0.5) is 0 Å². The molecule has 0 bridgehead atoms. The van der Waals surface area contributed by atoms with Gasteiger partial charge in [-0.3, -0.25) is 0 Å². The van der Waals surface area contributed by atoms with Crippen LogP contribution in [0.2, 0.25) is 0 Å². The minimum Gasteiger partial charge on any atom is -0.345 e. The van der Waals surface area contributed by atoms with Gasteiger partial charge in [0.1, 0.15) is 0 Å². The van der Waals surface area contributed by atoms with Crippen LogP contribution in [-0.2, 0) is 13.5 Å². The normalized spacial score (nSPS) is 20.3. The maximum Gasteiger partial charge on any atom is 0.250 e. The van der Waals surface area contributed by atoms with E-state index in [1.165, 1.54) is 43.4 Å². The van der Waals surface area contributed by atoms with Crippen LogP contribution in [0.3, 0.4) is 0 Å². The Balaban J connectivity index is 1.30. The average molecular weight is 433 g/mol. The molecule has 0 aliphatic heterocycles. The van der Waals surface area contributed by atoms with E-state index >= 15 is 0 Å². The molecule has 0 amide bonds. The van der Waals surface area contributed by atoms with Crippen LogP contribution >= 0.6 is 0 Å². The first-order valence-electron chi connectivity index (χ1n) is 11.9. The van der Waals surface area contributed by atoms with Gasteiger partial charge in [-0.25, -0.2) is 0 Å². The summed E-state index contributed by atoms with van der Waals surface area (Å²) >= 11 is 0. The minimum atomic E-state index is 0.593. The minimum absolute atomic E-state index is 0.593. The predicted molar refractivity (Wildman–Crippen MR) is 130 cm³/mol. The van der Waals surface area contributed by atoms with Crippen molar-refractivity contribution < 1.29 is 4.52 Å². The lowest BCUT2D eigenvalue weighted by molar-refractivity contribution is 0.150. The SMILES string of the molecule is Cc1ccc(-c2noc(C=CC3CCC(C(CCc4ccccc4)N(C)C)CC3)n2)n1C. The van der Waals surface area contributed by atoms with E-state index in [0.29, 0.717) is 23.7 Å². The van der Waals surface area contributed by atoms with Crippen LogP contribution in [0.1, 0.15) is 49.3 Å². The number of aryl methyl sites for hydroxylation is 2. The smallest absolute Gasteiger partial charge is 0.250 e. The second-order valence-electron chi connectivity index (χ2n) is 9.46. The van der Waals surface area contributed by atoms with E-state index in [-0.39, 0.29) is 0 Å². The maximum absolute atomic E-state index is 5.47. The molecule has 2 heterocycles. The summed E-state index contributed by atoms with van der Waals surface area (Å²) in [5.74, 6) is 2.61. The second-order valence-corrected chi connectivity index (χ2v) is 9.46. The van der Waals surface area contributed by atoms with Crippen molar-refractivity contribution in [2.75, 3.05) is 14.1 Å². The molecule has 1 atom stereocenters. The summed E-state index contributed by atoms with van der Waals surface area (Å²) in [4.78, 5) is 7.01. The van der Waals surface area contributed by atoms with Gasteiger partial charge >= 0.3 is 0 Å². The van der Waals surface area contributed by atoms with E-state index < -0.39 is 0 Å². The lowest BCUT2D eigenvalue weighted by atomic mass is 9.76. The summed E-state index contributed by atoms with van der Waals surface area (Å²) < 4.78 is 7.55. The van der Waals surface area contributed by atoms with Crippen LogP contribution < -0.4 is 0 Å². The summed E-state index contributed by atoms with van der Waals surface area (Å²) in [6.07, 6.45) is 11.7. The summed E-state index contributed by atoms with van der Waals surface area (Å²) in [6.45, 7) is 2.07. The summed E-state index contributed by atoms with van der Waals surface area (Å²) in [7, 11) is 6.50. The fourth-order valence-electron chi connectivity index (χ4n) is 5.06. The van der Waals surface area contributed by atoms with Gasteiger partial charge in [-0.05, 0) is 95.2 Å². The van der Waals surface area contributed by atoms with Crippen molar-refractivity contribution in [1.82, 2.24) is 19.6 Å². The highest BCUT2D eigenvalue weighted by molar-refractivity contribution is 5.52. The summed E-state index contributed by atoms with van der Waals surface area (Å²) in [5.41, 5.74) is 3.61. The largest absolute Gasteiger partial charge is 0.345 e. The highest BCUT2D eigenvalue weighted by Gasteiger charge is 2.28. The van der Waals surface area contributed by atoms with Crippen LogP contribution in [0.5, 0.6) is 0 Å². The van der Waals surface area contributed by atoms with Crippen molar-refractivity contribution in [2.45, 2.75) is 51.5 Å². The van der Waals surface area contributed by atoms with Gasteiger partial charge in [0.25, 0.3) is 5.89 Å². The van der Waals surface area contributed by atoms with Gasteiger partial charge in [0, 0.05) is 18.8 Å². The van der Waals surface area contributed by atoms with Crippen LogP contribution in [0, 0.1) is 18.8 Å². The zero-order valence-electron chi connectivity index (χ0n) is 19.9. The molecule has 5 nitrogen and oxygen atoms in total. The van der Waals surface area contributed by atoms with Gasteiger partial charge in [0.15, 0.2) is 0 Å². The number of hydrogen-bond donors (Lipinski definition) is 0. The molecule has 1 aliphatic rings. The molecule has 4 rings (SSSR count). The molecule has 170 valence electrons. The van der Waals surface area contributed by atoms with E-state index in [1.54, 1.807) is 0 Å². The maximum atomic E-state index is 5.47. The van der Waals surface area contributed by atoms with Crippen LogP contribution in [-0.4, -0.2) is 39.7 Å². The van der Waals surface area contributed by atoms with Crippen molar-refractivity contribution in [3.8, 4) is 11.5 Å². The number of benzene rings is 1.